The topological polar surface area (TPSA) is 19.7 Å². The highest BCUT2D eigenvalue weighted by Gasteiger charge is 1.99. The highest BCUT2D eigenvalue weighted by atomic mass is 15.0. The van der Waals surface area contributed by atoms with Gasteiger partial charge >= 0.3 is 0 Å². The number of H-pyrrole nitrogens is 1. The first-order chi connectivity index (χ1) is 5.86. The van der Waals surface area contributed by atoms with E-state index < -0.39 is 0 Å². The van der Waals surface area contributed by atoms with Crippen molar-refractivity contribution in [3.05, 3.63) is 48.5 Å². The molecule has 0 fully saturated rings. The van der Waals surface area contributed by atoms with Crippen molar-refractivity contribution in [2.45, 2.75) is 6.92 Å². The SMILES string of the molecule is Cc1ccc(-[n+]2cc[nH]c2)cc1. The lowest BCUT2D eigenvalue weighted by atomic mass is 10.2. The molecular formula is C10H11N2+. The molecule has 0 radical (unpaired) electrons. The predicted octanol–water partition coefficient (Wildman–Crippen LogP) is 1.60. The number of hydrogen-bond donors (Lipinski definition) is 1. The number of hydrogen-bond acceptors (Lipinski definition) is 0. The van der Waals surface area contributed by atoms with E-state index in [2.05, 4.69) is 36.2 Å². The highest BCUT2D eigenvalue weighted by Crippen LogP contribution is 2.01. The number of nitrogens with one attached hydrogen (secondary N) is 1. The fraction of sp³-hybridized carbons (Fsp3) is 0.100. The van der Waals surface area contributed by atoms with Crippen LogP contribution in [0, 0.1) is 6.92 Å². The van der Waals surface area contributed by atoms with E-state index in [1.807, 2.05) is 23.3 Å². The molecule has 0 spiro atoms. The normalized spacial score (nSPS) is 10.1. The van der Waals surface area contributed by atoms with Gasteiger partial charge in [0.1, 0.15) is 18.1 Å². The minimum atomic E-state index is 1.18. The number of aryl methyl sites for hydroxylation is 1. The first-order valence-corrected chi connectivity index (χ1v) is 3.97. The minimum absolute atomic E-state index is 1.18. The quantitative estimate of drug-likeness (QED) is 0.610. The standard InChI is InChI=1S/C10H10N2/c1-9-2-4-10(5-3-9)12-7-6-11-8-12/h2-8H,1H3/p+1. The summed E-state index contributed by atoms with van der Waals surface area (Å²) in [4.78, 5) is 3.01. The lowest BCUT2D eigenvalue weighted by Crippen LogP contribution is -2.26. The second-order valence-electron chi connectivity index (χ2n) is 2.85. The van der Waals surface area contributed by atoms with Crippen molar-refractivity contribution >= 4 is 0 Å². The molecule has 2 aromatic rings. The zero-order valence-electron chi connectivity index (χ0n) is 6.99. The third-order valence-corrected chi connectivity index (χ3v) is 1.88. The van der Waals surface area contributed by atoms with Gasteiger partial charge in [-0.05, 0) is 19.1 Å². The lowest BCUT2D eigenvalue weighted by Gasteiger charge is -1.94. The zero-order chi connectivity index (χ0) is 8.39. The van der Waals surface area contributed by atoms with Gasteiger partial charge < -0.3 is 0 Å². The van der Waals surface area contributed by atoms with Gasteiger partial charge in [-0.25, -0.2) is 9.55 Å². The summed E-state index contributed by atoms with van der Waals surface area (Å²) >= 11 is 0. The fourth-order valence-electron chi connectivity index (χ4n) is 1.17. The van der Waals surface area contributed by atoms with Crippen molar-refractivity contribution in [1.29, 1.82) is 0 Å². The zero-order valence-corrected chi connectivity index (χ0v) is 6.99. The van der Waals surface area contributed by atoms with Crippen molar-refractivity contribution in [2.75, 3.05) is 0 Å². The van der Waals surface area contributed by atoms with Gasteiger partial charge in [-0.1, -0.05) is 17.7 Å². The number of aromatic nitrogens is 2. The molecule has 2 heteroatoms. The second-order valence-corrected chi connectivity index (χ2v) is 2.85. The van der Waals surface area contributed by atoms with Crippen molar-refractivity contribution < 1.29 is 4.57 Å². The maximum atomic E-state index is 3.01. The van der Waals surface area contributed by atoms with E-state index >= 15 is 0 Å². The van der Waals surface area contributed by atoms with Crippen LogP contribution < -0.4 is 4.57 Å². The number of imidazole rings is 1. The first kappa shape index (κ1) is 7.10. The Kier molecular flexibility index (Phi) is 1.67. The summed E-state index contributed by atoms with van der Waals surface area (Å²) in [6, 6.07) is 8.41. The maximum Gasteiger partial charge on any atom is 0.246 e. The van der Waals surface area contributed by atoms with Crippen molar-refractivity contribution in [2.24, 2.45) is 0 Å². The van der Waals surface area contributed by atoms with Crippen LogP contribution in [0.4, 0.5) is 0 Å². The molecule has 1 aromatic carbocycles. The third kappa shape index (κ3) is 1.23. The Hall–Kier alpha value is -1.57. The Bertz CT molecular complexity index is 346. The van der Waals surface area contributed by atoms with Gasteiger partial charge in [-0.3, -0.25) is 0 Å². The molecule has 0 atom stereocenters. The Morgan fingerprint density at radius 3 is 2.50 bits per heavy atom. The average Bonchev–Trinajstić information content (AvgIpc) is 2.58. The Morgan fingerprint density at radius 1 is 1.17 bits per heavy atom. The van der Waals surface area contributed by atoms with E-state index in [4.69, 9.17) is 0 Å². The molecule has 2 nitrogen and oxygen atoms in total. The van der Waals surface area contributed by atoms with Crippen LogP contribution in [-0.4, -0.2) is 4.98 Å². The van der Waals surface area contributed by atoms with E-state index in [0.717, 1.165) is 0 Å². The number of aromatic amines is 1. The largest absolute Gasteiger partial charge is 0.250 e. The molecule has 60 valence electrons. The van der Waals surface area contributed by atoms with Crippen molar-refractivity contribution in [3.63, 3.8) is 0 Å². The van der Waals surface area contributed by atoms with Crippen LogP contribution in [0.3, 0.4) is 0 Å². The van der Waals surface area contributed by atoms with Crippen LogP contribution in [0.15, 0.2) is 43.0 Å². The van der Waals surface area contributed by atoms with Gasteiger partial charge in [0.25, 0.3) is 0 Å². The summed E-state index contributed by atoms with van der Waals surface area (Å²) in [6.45, 7) is 2.09. The van der Waals surface area contributed by atoms with Crippen LogP contribution in [0.25, 0.3) is 5.69 Å². The van der Waals surface area contributed by atoms with Crippen molar-refractivity contribution in [3.8, 4) is 5.69 Å². The third-order valence-electron chi connectivity index (χ3n) is 1.88. The monoisotopic (exact) mass is 159 g/mol. The first-order valence-electron chi connectivity index (χ1n) is 3.97. The van der Waals surface area contributed by atoms with Gasteiger partial charge in [-0.15, -0.1) is 0 Å². The number of benzene rings is 1. The molecular weight excluding hydrogens is 148 g/mol. The molecule has 0 saturated heterocycles. The Morgan fingerprint density at radius 2 is 1.92 bits per heavy atom. The smallest absolute Gasteiger partial charge is 0.246 e. The summed E-state index contributed by atoms with van der Waals surface area (Å²) in [6.07, 6.45) is 5.81. The average molecular weight is 159 g/mol. The summed E-state index contributed by atoms with van der Waals surface area (Å²) < 4.78 is 2.04. The van der Waals surface area contributed by atoms with Gasteiger partial charge in [-0.2, -0.15) is 0 Å². The highest BCUT2D eigenvalue weighted by molar-refractivity contribution is 5.26. The molecule has 0 amide bonds. The number of nitrogens with zero attached hydrogens (tertiary/aromatic N) is 1. The summed E-state index contributed by atoms with van der Waals surface area (Å²) in [5.74, 6) is 0. The molecule has 12 heavy (non-hydrogen) atoms. The van der Waals surface area contributed by atoms with E-state index in [9.17, 15) is 0 Å². The summed E-state index contributed by atoms with van der Waals surface area (Å²) in [7, 11) is 0. The predicted molar refractivity (Wildman–Crippen MR) is 47.1 cm³/mol. The van der Waals surface area contributed by atoms with Gasteiger partial charge in [0.2, 0.25) is 6.33 Å². The Balaban J connectivity index is 2.43. The van der Waals surface area contributed by atoms with Crippen LogP contribution in [-0.2, 0) is 0 Å². The fourth-order valence-corrected chi connectivity index (χ4v) is 1.17. The van der Waals surface area contributed by atoms with E-state index in [-0.39, 0.29) is 0 Å². The molecule has 0 aliphatic heterocycles. The van der Waals surface area contributed by atoms with Gasteiger partial charge in [0, 0.05) is 0 Å². The summed E-state index contributed by atoms with van der Waals surface area (Å²) in [5.41, 5.74) is 2.47. The van der Waals surface area contributed by atoms with Crippen LogP contribution >= 0.6 is 0 Å². The molecule has 0 aliphatic rings. The van der Waals surface area contributed by atoms with Gasteiger partial charge in [0.15, 0.2) is 0 Å². The summed E-state index contributed by atoms with van der Waals surface area (Å²) in [5, 5.41) is 0. The van der Waals surface area contributed by atoms with Gasteiger partial charge in [0.05, 0.1) is 0 Å². The van der Waals surface area contributed by atoms with Crippen molar-refractivity contribution in [1.82, 2.24) is 4.98 Å². The maximum absolute atomic E-state index is 3.01. The van der Waals surface area contributed by atoms with Crippen LogP contribution in [0.5, 0.6) is 0 Å². The molecule has 2 rings (SSSR count). The lowest BCUT2D eigenvalue weighted by molar-refractivity contribution is -0.594. The molecule has 0 saturated carbocycles. The molecule has 1 aromatic heterocycles. The van der Waals surface area contributed by atoms with E-state index in [1.165, 1.54) is 11.3 Å². The van der Waals surface area contributed by atoms with E-state index in [1.54, 1.807) is 0 Å². The van der Waals surface area contributed by atoms with Crippen LogP contribution in [0.2, 0.25) is 0 Å². The molecule has 1 N–H and O–H groups in total. The second kappa shape index (κ2) is 2.81. The van der Waals surface area contributed by atoms with E-state index in [0.29, 0.717) is 0 Å². The Labute approximate surface area is 71.5 Å². The van der Waals surface area contributed by atoms with Crippen LogP contribution in [0.1, 0.15) is 5.56 Å². The number of rotatable bonds is 1. The molecule has 0 unspecified atom stereocenters. The molecule has 1 heterocycles. The molecule has 0 aliphatic carbocycles. The minimum Gasteiger partial charge on any atom is -0.250 e. The molecule has 0 bridgehead atoms.